The Morgan fingerprint density at radius 1 is 1.47 bits per heavy atom. The second kappa shape index (κ2) is 4.31. The molecule has 84 valence electrons. The van der Waals surface area contributed by atoms with Gasteiger partial charge in [0, 0.05) is 16.0 Å². The summed E-state index contributed by atoms with van der Waals surface area (Å²) in [4.78, 5) is 0. The van der Waals surface area contributed by atoms with Crippen LogP contribution >= 0.6 is 0 Å². The molecule has 1 aromatic rings. The molecule has 1 rings (SSSR count). The van der Waals surface area contributed by atoms with E-state index in [4.69, 9.17) is 4.78 Å². The largest absolute Gasteiger partial charge is 0.253 e. The Balaban J connectivity index is 3.02. The van der Waals surface area contributed by atoms with Gasteiger partial charge in [-0.05, 0) is 23.1 Å². The van der Waals surface area contributed by atoms with Crippen LogP contribution in [0.15, 0.2) is 18.2 Å². The molecule has 0 spiro atoms. The van der Waals surface area contributed by atoms with E-state index in [0.717, 1.165) is 0 Å². The monoisotopic (exact) mass is 229 g/mol. The SMILES string of the molecule is CC(C)c1ccc(CS(C)(=N)=O)cc1F. The van der Waals surface area contributed by atoms with Crippen molar-refractivity contribution in [2.75, 3.05) is 6.26 Å². The highest BCUT2D eigenvalue weighted by molar-refractivity contribution is 7.90. The summed E-state index contributed by atoms with van der Waals surface area (Å²) >= 11 is 0. The lowest BCUT2D eigenvalue weighted by Crippen LogP contribution is -2.01. The molecule has 0 aliphatic heterocycles. The minimum Gasteiger partial charge on any atom is -0.253 e. The van der Waals surface area contributed by atoms with Crippen LogP contribution in [0.2, 0.25) is 0 Å². The van der Waals surface area contributed by atoms with E-state index in [9.17, 15) is 8.60 Å². The van der Waals surface area contributed by atoms with E-state index in [0.29, 0.717) is 11.1 Å². The highest BCUT2D eigenvalue weighted by Gasteiger charge is 2.08. The Morgan fingerprint density at radius 2 is 2.07 bits per heavy atom. The van der Waals surface area contributed by atoms with Gasteiger partial charge in [-0.2, -0.15) is 0 Å². The van der Waals surface area contributed by atoms with Gasteiger partial charge in [0.05, 0.1) is 5.75 Å². The van der Waals surface area contributed by atoms with Gasteiger partial charge in [-0.15, -0.1) is 0 Å². The average Bonchev–Trinajstić information content (AvgIpc) is 1.99. The van der Waals surface area contributed by atoms with Crippen molar-refractivity contribution in [2.45, 2.75) is 25.5 Å². The van der Waals surface area contributed by atoms with E-state index in [1.807, 2.05) is 13.8 Å². The maximum atomic E-state index is 13.5. The van der Waals surface area contributed by atoms with Crippen molar-refractivity contribution >= 4 is 9.73 Å². The van der Waals surface area contributed by atoms with E-state index >= 15 is 0 Å². The predicted molar refractivity (Wildman–Crippen MR) is 61.0 cm³/mol. The van der Waals surface area contributed by atoms with Crippen LogP contribution in [0.5, 0.6) is 0 Å². The first kappa shape index (κ1) is 12.2. The minimum atomic E-state index is -2.59. The van der Waals surface area contributed by atoms with Crippen molar-refractivity contribution in [1.82, 2.24) is 0 Å². The zero-order valence-corrected chi connectivity index (χ0v) is 10.0. The Kier molecular flexibility index (Phi) is 3.50. The number of nitrogens with one attached hydrogen (secondary N) is 1. The van der Waals surface area contributed by atoms with Crippen molar-refractivity contribution in [3.05, 3.63) is 35.1 Å². The van der Waals surface area contributed by atoms with Gasteiger partial charge >= 0.3 is 0 Å². The van der Waals surface area contributed by atoms with Crippen LogP contribution in [0.25, 0.3) is 0 Å². The molecule has 1 unspecified atom stereocenters. The molecule has 2 nitrogen and oxygen atoms in total. The van der Waals surface area contributed by atoms with Crippen molar-refractivity contribution < 1.29 is 8.60 Å². The van der Waals surface area contributed by atoms with E-state index in [-0.39, 0.29) is 17.5 Å². The molecule has 1 N–H and O–H groups in total. The second-order valence-electron chi connectivity index (χ2n) is 4.16. The number of hydrogen-bond acceptors (Lipinski definition) is 2. The van der Waals surface area contributed by atoms with E-state index < -0.39 is 9.73 Å². The average molecular weight is 229 g/mol. The van der Waals surface area contributed by atoms with Crippen LogP contribution in [-0.4, -0.2) is 10.5 Å². The van der Waals surface area contributed by atoms with Gasteiger partial charge < -0.3 is 0 Å². The Labute approximate surface area is 90.5 Å². The lowest BCUT2D eigenvalue weighted by atomic mass is 10.0. The summed E-state index contributed by atoms with van der Waals surface area (Å²) in [6.45, 7) is 3.84. The molecule has 15 heavy (non-hydrogen) atoms. The summed E-state index contributed by atoms with van der Waals surface area (Å²) in [6, 6.07) is 4.84. The molecule has 0 heterocycles. The lowest BCUT2D eigenvalue weighted by Gasteiger charge is -2.08. The predicted octanol–water partition coefficient (Wildman–Crippen LogP) is 3.13. The normalized spacial score (nSPS) is 15.3. The quantitative estimate of drug-likeness (QED) is 0.850. The van der Waals surface area contributed by atoms with E-state index in [1.165, 1.54) is 12.3 Å². The van der Waals surface area contributed by atoms with Gasteiger partial charge in [0.2, 0.25) is 0 Å². The highest BCUT2D eigenvalue weighted by atomic mass is 32.2. The van der Waals surface area contributed by atoms with Crippen molar-refractivity contribution in [1.29, 1.82) is 4.78 Å². The van der Waals surface area contributed by atoms with Crippen LogP contribution < -0.4 is 0 Å². The third-order valence-electron chi connectivity index (χ3n) is 2.13. The molecule has 0 fully saturated rings. The number of rotatable bonds is 3. The minimum absolute atomic E-state index is 0.113. The molecule has 0 aromatic heterocycles. The second-order valence-corrected chi connectivity index (χ2v) is 6.46. The smallest absolute Gasteiger partial charge is 0.126 e. The summed E-state index contributed by atoms with van der Waals surface area (Å²) in [6.07, 6.45) is 1.36. The Morgan fingerprint density at radius 3 is 2.47 bits per heavy atom. The molecule has 0 aliphatic carbocycles. The zero-order chi connectivity index (χ0) is 11.6. The first-order valence-electron chi connectivity index (χ1n) is 4.79. The summed E-state index contributed by atoms with van der Waals surface area (Å²) in [5, 5.41) is 0. The fourth-order valence-corrected chi connectivity index (χ4v) is 2.26. The fraction of sp³-hybridized carbons (Fsp3) is 0.455. The number of halogens is 1. The van der Waals surface area contributed by atoms with E-state index in [2.05, 4.69) is 0 Å². The molecule has 0 bridgehead atoms. The molecule has 1 atom stereocenters. The molecule has 0 saturated carbocycles. The molecule has 4 heteroatoms. The Bertz CT molecular complexity index is 452. The standard InChI is InChI=1S/C11H16FNOS/c1-8(2)10-5-4-9(6-11(10)12)7-15(3,13)14/h4-6,8,13H,7H2,1-3H3. The van der Waals surface area contributed by atoms with Gasteiger partial charge in [-0.1, -0.05) is 26.0 Å². The van der Waals surface area contributed by atoms with Crippen LogP contribution in [0, 0.1) is 10.6 Å². The first-order valence-corrected chi connectivity index (χ1v) is 6.93. The molecule has 1 aromatic carbocycles. The molecular formula is C11H16FNOS. The molecule has 0 aliphatic rings. The maximum absolute atomic E-state index is 13.5. The fourth-order valence-electron chi connectivity index (χ4n) is 1.45. The molecule has 0 amide bonds. The van der Waals surface area contributed by atoms with Crippen molar-refractivity contribution in [3.8, 4) is 0 Å². The van der Waals surface area contributed by atoms with Crippen molar-refractivity contribution in [3.63, 3.8) is 0 Å². The molecule has 0 saturated heterocycles. The van der Waals surface area contributed by atoms with Gasteiger partial charge in [-0.3, -0.25) is 4.78 Å². The summed E-state index contributed by atoms with van der Waals surface area (Å²) in [5.41, 5.74) is 1.28. The van der Waals surface area contributed by atoms with Gasteiger partial charge in [0.15, 0.2) is 0 Å². The number of benzene rings is 1. The topological polar surface area (TPSA) is 40.9 Å². The number of hydrogen-bond donors (Lipinski definition) is 1. The summed E-state index contributed by atoms with van der Waals surface area (Å²) < 4.78 is 32.0. The van der Waals surface area contributed by atoms with Gasteiger partial charge in [0.25, 0.3) is 0 Å². The van der Waals surface area contributed by atoms with Gasteiger partial charge in [0.1, 0.15) is 5.82 Å². The summed E-state index contributed by atoms with van der Waals surface area (Å²) in [7, 11) is -2.59. The third kappa shape index (κ3) is 3.63. The highest BCUT2D eigenvalue weighted by Crippen LogP contribution is 2.20. The molecule has 0 radical (unpaired) electrons. The lowest BCUT2D eigenvalue weighted by molar-refractivity contribution is 0.597. The van der Waals surface area contributed by atoms with Crippen LogP contribution in [-0.2, 0) is 15.5 Å². The van der Waals surface area contributed by atoms with Crippen molar-refractivity contribution in [2.24, 2.45) is 0 Å². The zero-order valence-electron chi connectivity index (χ0n) is 9.21. The van der Waals surface area contributed by atoms with Crippen LogP contribution in [0.4, 0.5) is 4.39 Å². The third-order valence-corrected chi connectivity index (χ3v) is 3.01. The summed E-state index contributed by atoms with van der Waals surface area (Å²) in [5.74, 6) is -0.0188. The van der Waals surface area contributed by atoms with E-state index in [1.54, 1.807) is 12.1 Å². The maximum Gasteiger partial charge on any atom is 0.126 e. The first-order chi connectivity index (χ1) is 6.79. The molecular weight excluding hydrogens is 213 g/mol. The van der Waals surface area contributed by atoms with Crippen LogP contribution in [0.3, 0.4) is 0 Å². The van der Waals surface area contributed by atoms with Crippen LogP contribution in [0.1, 0.15) is 30.9 Å². The Hall–Kier alpha value is -0.900. The van der Waals surface area contributed by atoms with Gasteiger partial charge in [-0.25, -0.2) is 8.60 Å².